The van der Waals surface area contributed by atoms with E-state index in [1.54, 1.807) is 12.1 Å². The van der Waals surface area contributed by atoms with E-state index < -0.39 is 6.10 Å². The summed E-state index contributed by atoms with van der Waals surface area (Å²) >= 11 is 5.87. The first-order valence-electron chi connectivity index (χ1n) is 6.38. The van der Waals surface area contributed by atoms with Crippen molar-refractivity contribution in [3.05, 3.63) is 70.2 Å². The Balaban J connectivity index is 1.92. The predicted octanol–water partition coefficient (Wildman–Crippen LogP) is 3.69. The van der Waals surface area contributed by atoms with Gasteiger partial charge in [-0.2, -0.15) is 0 Å². The molecule has 1 N–H and O–H groups in total. The highest BCUT2D eigenvalue weighted by molar-refractivity contribution is 6.30. The van der Waals surface area contributed by atoms with E-state index >= 15 is 0 Å². The van der Waals surface area contributed by atoms with Gasteiger partial charge in [-0.05, 0) is 35.2 Å². The van der Waals surface area contributed by atoms with Crippen molar-refractivity contribution < 1.29 is 9.84 Å². The standard InChI is InChI=1S/C16H15ClO2/c17-13-7-5-12(6-8-13)15(18)16-14-4-2-1-3-11(14)9-10-19-16/h1-8,15-16,18H,9-10H2. The van der Waals surface area contributed by atoms with Crippen LogP contribution < -0.4 is 0 Å². The van der Waals surface area contributed by atoms with E-state index in [0.717, 1.165) is 17.5 Å². The molecule has 0 aliphatic carbocycles. The van der Waals surface area contributed by atoms with Gasteiger partial charge in [0, 0.05) is 5.02 Å². The summed E-state index contributed by atoms with van der Waals surface area (Å²) in [4.78, 5) is 0. The Morgan fingerprint density at radius 2 is 1.84 bits per heavy atom. The van der Waals surface area contributed by atoms with E-state index in [-0.39, 0.29) is 6.10 Å². The Morgan fingerprint density at radius 1 is 1.11 bits per heavy atom. The predicted molar refractivity (Wildman–Crippen MR) is 75.3 cm³/mol. The molecule has 2 aromatic rings. The molecule has 2 unspecified atom stereocenters. The molecule has 98 valence electrons. The summed E-state index contributed by atoms with van der Waals surface area (Å²) in [5.74, 6) is 0. The van der Waals surface area contributed by atoms with Crippen molar-refractivity contribution in [2.45, 2.75) is 18.6 Å². The van der Waals surface area contributed by atoms with Crippen LogP contribution in [0.1, 0.15) is 28.9 Å². The van der Waals surface area contributed by atoms with Crippen LogP contribution in [0.3, 0.4) is 0 Å². The van der Waals surface area contributed by atoms with Gasteiger partial charge in [0.25, 0.3) is 0 Å². The molecule has 0 fully saturated rings. The molecular weight excluding hydrogens is 260 g/mol. The largest absolute Gasteiger partial charge is 0.385 e. The van der Waals surface area contributed by atoms with Gasteiger partial charge in [-0.1, -0.05) is 48.0 Å². The maximum atomic E-state index is 10.5. The van der Waals surface area contributed by atoms with Gasteiger partial charge < -0.3 is 9.84 Å². The average molecular weight is 275 g/mol. The van der Waals surface area contributed by atoms with Gasteiger partial charge in [0.2, 0.25) is 0 Å². The Labute approximate surface area is 117 Å². The number of halogens is 1. The number of hydrogen-bond acceptors (Lipinski definition) is 2. The van der Waals surface area contributed by atoms with E-state index in [4.69, 9.17) is 16.3 Å². The summed E-state index contributed by atoms with van der Waals surface area (Å²) < 4.78 is 5.77. The molecule has 0 amide bonds. The van der Waals surface area contributed by atoms with E-state index in [1.165, 1.54) is 5.56 Å². The number of aliphatic hydroxyl groups is 1. The molecule has 0 radical (unpaired) electrons. The minimum absolute atomic E-state index is 0.300. The van der Waals surface area contributed by atoms with Crippen LogP contribution in [0.4, 0.5) is 0 Å². The van der Waals surface area contributed by atoms with Crippen LogP contribution in [0.2, 0.25) is 5.02 Å². The molecular formula is C16H15ClO2. The highest BCUT2D eigenvalue weighted by Crippen LogP contribution is 2.36. The summed E-state index contributed by atoms with van der Waals surface area (Å²) in [5.41, 5.74) is 3.16. The highest BCUT2D eigenvalue weighted by atomic mass is 35.5. The number of rotatable bonds is 2. The summed E-state index contributed by atoms with van der Waals surface area (Å²) in [6.45, 7) is 0.645. The Morgan fingerprint density at radius 3 is 2.63 bits per heavy atom. The number of aliphatic hydroxyl groups excluding tert-OH is 1. The van der Waals surface area contributed by atoms with Crippen molar-refractivity contribution in [3.8, 4) is 0 Å². The molecule has 0 saturated heterocycles. The minimum atomic E-state index is -0.668. The van der Waals surface area contributed by atoms with Crippen molar-refractivity contribution in [1.82, 2.24) is 0 Å². The van der Waals surface area contributed by atoms with Crippen LogP contribution in [0.25, 0.3) is 0 Å². The molecule has 19 heavy (non-hydrogen) atoms. The topological polar surface area (TPSA) is 29.5 Å². The maximum Gasteiger partial charge on any atom is 0.113 e. The summed E-state index contributed by atoms with van der Waals surface area (Å²) in [6, 6.07) is 15.4. The highest BCUT2D eigenvalue weighted by Gasteiger charge is 2.28. The molecule has 1 heterocycles. The minimum Gasteiger partial charge on any atom is -0.385 e. The third kappa shape index (κ3) is 2.52. The first-order chi connectivity index (χ1) is 9.25. The van der Waals surface area contributed by atoms with Crippen molar-refractivity contribution in [2.24, 2.45) is 0 Å². The normalized spacial score (nSPS) is 19.8. The monoisotopic (exact) mass is 274 g/mol. The van der Waals surface area contributed by atoms with E-state index in [0.29, 0.717) is 11.6 Å². The van der Waals surface area contributed by atoms with Crippen molar-refractivity contribution in [2.75, 3.05) is 6.61 Å². The molecule has 3 heteroatoms. The average Bonchev–Trinajstić information content (AvgIpc) is 2.47. The fourth-order valence-corrected chi connectivity index (χ4v) is 2.65. The molecule has 0 spiro atoms. The third-order valence-corrected chi connectivity index (χ3v) is 3.78. The van der Waals surface area contributed by atoms with Gasteiger partial charge in [-0.15, -0.1) is 0 Å². The quantitative estimate of drug-likeness (QED) is 0.905. The zero-order valence-electron chi connectivity index (χ0n) is 10.4. The lowest BCUT2D eigenvalue weighted by Gasteiger charge is -2.30. The van der Waals surface area contributed by atoms with Gasteiger partial charge in [-0.25, -0.2) is 0 Å². The molecule has 0 aromatic heterocycles. The Kier molecular flexibility index (Phi) is 3.56. The van der Waals surface area contributed by atoms with Gasteiger partial charge in [0.1, 0.15) is 12.2 Å². The molecule has 2 aromatic carbocycles. The lowest BCUT2D eigenvalue weighted by atomic mass is 9.91. The smallest absolute Gasteiger partial charge is 0.113 e. The van der Waals surface area contributed by atoms with E-state index in [2.05, 4.69) is 6.07 Å². The third-order valence-electron chi connectivity index (χ3n) is 3.53. The van der Waals surface area contributed by atoms with Crippen LogP contribution in [0.15, 0.2) is 48.5 Å². The van der Waals surface area contributed by atoms with Crippen LogP contribution in [0.5, 0.6) is 0 Å². The number of fused-ring (bicyclic) bond motifs is 1. The first kappa shape index (κ1) is 12.7. The molecule has 2 nitrogen and oxygen atoms in total. The fourth-order valence-electron chi connectivity index (χ4n) is 2.52. The van der Waals surface area contributed by atoms with Crippen molar-refractivity contribution in [1.29, 1.82) is 0 Å². The Bertz CT molecular complexity index is 565. The van der Waals surface area contributed by atoms with Crippen LogP contribution in [-0.2, 0) is 11.2 Å². The first-order valence-corrected chi connectivity index (χ1v) is 6.76. The summed E-state index contributed by atoms with van der Waals surface area (Å²) in [6.07, 6.45) is -0.0649. The zero-order valence-corrected chi connectivity index (χ0v) is 11.2. The summed E-state index contributed by atoms with van der Waals surface area (Å²) in [7, 11) is 0. The molecule has 1 aliphatic rings. The molecule has 2 atom stereocenters. The van der Waals surface area contributed by atoms with Gasteiger partial charge in [-0.3, -0.25) is 0 Å². The fraction of sp³-hybridized carbons (Fsp3) is 0.250. The molecule has 3 rings (SSSR count). The zero-order chi connectivity index (χ0) is 13.2. The van der Waals surface area contributed by atoms with Crippen LogP contribution >= 0.6 is 11.6 Å². The van der Waals surface area contributed by atoms with Gasteiger partial charge in [0.05, 0.1) is 6.61 Å². The van der Waals surface area contributed by atoms with Gasteiger partial charge in [0.15, 0.2) is 0 Å². The van der Waals surface area contributed by atoms with E-state index in [1.807, 2.05) is 30.3 Å². The van der Waals surface area contributed by atoms with Crippen molar-refractivity contribution >= 4 is 11.6 Å². The Hall–Kier alpha value is -1.35. The second-order valence-corrected chi connectivity index (χ2v) is 5.17. The summed E-state index contributed by atoms with van der Waals surface area (Å²) in [5, 5.41) is 11.2. The lowest BCUT2D eigenvalue weighted by molar-refractivity contribution is -0.0482. The number of hydrogen-bond donors (Lipinski definition) is 1. The molecule has 0 saturated carbocycles. The lowest BCUT2D eigenvalue weighted by Crippen LogP contribution is -2.22. The second kappa shape index (κ2) is 5.33. The SMILES string of the molecule is OC(c1ccc(Cl)cc1)C1OCCc2ccccc21. The van der Waals surface area contributed by atoms with Crippen LogP contribution in [-0.4, -0.2) is 11.7 Å². The van der Waals surface area contributed by atoms with Gasteiger partial charge >= 0.3 is 0 Å². The molecule has 1 aliphatic heterocycles. The maximum absolute atomic E-state index is 10.5. The second-order valence-electron chi connectivity index (χ2n) is 4.74. The van der Waals surface area contributed by atoms with E-state index in [9.17, 15) is 5.11 Å². The number of ether oxygens (including phenoxy) is 1. The molecule has 0 bridgehead atoms. The van der Waals surface area contributed by atoms with Crippen LogP contribution in [0, 0.1) is 0 Å². The van der Waals surface area contributed by atoms with Crippen molar-refractivity contribution in [3.63, 3.8) is 0 Å². The number of benzene rings is 2.